The van der Waals surface area contributed by atoms with Gasteiger partial charge in [0.1, 0.15) is 5.75 Å². The summed E-state index contributed by atoms with van der Waals surface area (Å²) >= 11 is 11.1. The number of hydrogen-bond acceptors (Lipinski definition) is 2. The molecule has 2 aromatic rings. The lowest BCUT2D eigenvalue weighted by molar-refractivity contribution is 0.415. The third-order valence-electron chi connectivity index (χ3n) is 1.80. The van der Waals surface area contributed by atoms with Crippen molar-refractivity contribution >= 4 is 49.0 Å². The highest BCUT2D eigenvalue weighted by atomic mass is 79.9. The van der Waals surface area contributed by atoms with Crippen molar-refractivity contribution in [3.8, 4) is 5.75 Å². The van der Waals surface area contributed by atoms with E-state index < -0.39 is 0 Å². The van der Waals surface area contributed by atoms with Crippen LogP contribution in [0.25, 0.3) is 10.1 Å². The van der Waals surface area contributed by atoms with E-state index in [0.29, 0.717) is 5.02 Å². The van der Waals surface area contributed by atoms with Crippen LogP contribution >= 0.6 is 38.9 Å². The molecule has 0 atom stereocenters. The molecule has 0 unspecified atom stereocenters. The topological polar surface area (TPSA) is 9.23 Å². The average Bonchev–Trinajstić information content (AvgIpc) is 2.47. The molecule has 0 aliphatic carbocycles. The molecular weight excluding hydrogens is 272 g/mol. The van der Waals surface area contributed by atoms with Gasteiger partial charge in [0.25, 0.3) is 0 Å². The first kappa shape index (κ1) is 9.31. The summed E-state index contributed by atoms with van der Waals surface area (Å²) in [6, 6.07) is 3.86. The first-order chi connectivity index (χ1) is 6.22. The largest absolute Gasteiger partial charge is 0.495 e. The van der Waals surface area contributed by atoms with Crippen LogP contribution in [0.3, 0.4) is 0 Å². The first-order valence-corrected chi connectivity index (χ1v) is 5.67. The van der Waals surface area contributed by atoms with Crippen LogP contribution < -0.4 is 4.74 Å². The molecule has 0 spiro atoms. The molecule has 0 fully saturated rings. The zero-order valence-electron chi connectivity index (χ0n) is 6.80. The third kappa shape index (κ3) is 1.56. The summed E-state index contributed by atoms with van der Waals surface area (Å²) in [7, 11) is 1.62. The second kappa shape index (κ2) is 3.48. The molecule has 0 saturated carbocycles. The SMILES string of the molecule is COc1cc2scc(Br)c2cc1Cl. The number of rotatable bonds is 1. The average molecular weight is 278 g/mol. The van der Waals surface area contributed by atoms with Crippen LogP contribution in [0, 0.1) is 0 Å². The van der Waals surface area contributed by atoms with Gasteiger partial charge in [-0.1, -0.05) is 11.6 Å². The molecule has 0 N–H and O–H groups in total. The standard InChI is InChI=1S/C9H6BrClOS/c1-12-8-3-9-5(2-7(8)11)6(10)4-13-9/h2-4H,1H3. The smallest absolute Gasteiger partial charge is 0.138 e. The minimum atomic E-state index is 0.647. The van der Waals surface area contributed by atoms with Gasteiger partial charge in [-0.2, -0.15) is 0 Å². The van der Waals surface area contributed by atoms with Crippen LogP contribution in [-0.2, 0) is 0 Å². The summed E-state index contributed by atoms with van der Waals surface area (Å²) in [6.07, 6.45) is 0. The Morgan fingerprint density at radius 3 is 2.92 bits per heavy atom. The van der Waals surface area contributed by atoms with Gasteiger partial charge < -0.3 is 4.74 Å². The van der Waals surface area contributed by atoms with Crippen molar-refractivity contribution in [2.75, 3.05) is 7.11 Å². The van der Waals surface area contributed by atoms with Gasteiger partial charge >= 0.3 is 0 Å². The lowest BCUT2D eigenvalue weighted by Crippen LogP contribution is -1.82. The second-order valence-corrected chi connectivity index (χ2v) is 4.74. The summed E-state index contributed by atoms with van der Waals surface area (Å²) in [5, 5.41) is 3.82. The van der Waals surface area contributed by atoms with Gasteiger partial charge in [-0.15, -0.1) is 11.3 Å². The number of methoxy groups -OCH3 is 1. The minimum absolute atomic E-state index is 0.647. The van der Waals surface area contributed by atoms with Gasteiger partial charge in [-0.25, -0.2) is 0 Å². The highest BCUT2D eigenvalue weighted by Gasteiger charge is 2.06. The van der Waals surface area contributed by atoms with Crippen molar-refractivity contribution in [1.82, 2.24) is 0 Å². The van der Waals surface area contributed by atoms with Crippen LogP contribution in [0.15, 0.2) is 22.0 Å². The van der Waals surface area contributed by atoms with E-state index in [4.69, 9.17) is 16.3 Å². The van der Waals surface area contributed by atoms with E-state index in [1.807, 2.05) is 17.5 Å². The maximum atomic E-state index is 5.99. The van der Waals surface area contributed by atoms with Gasteiger partial charge in [0, 0.05) is 19.9 Å². The van der Waals surface area contributed by atoms with Gasteiger partial charge in [0.2, 0.25) is 0 Å². The van der Waals surface area contributed by atoms with Crippen LogP contribution in [-0.4, -0.2) is 7.11 Å². The third-order valence-corrected chi connectivity index (χ3v) is 4.00. The number of fused-ring (bicyclic) bond motifs is 1. The zero-order valence-corrected chi connectivity index (χ0v) is 9.96. The van der Waals surface area contributed by atoms with Crippen molar-refractivity contribution in [1.29, 1.82) is 0 Å². The maximum absolute atomic E-state index is 5.99. The lowest BCUT2D eigenvalue weighted by Gasteiger charge is -2.02. The summed E-state index contributed by atoms with van der Waals surface area (Å²) < 4.78 is 7.38. The minimum Gasteiger partial charge on any atom is -0.495 e. The van der Waals surface area contributed by atoms with E-state index >= 15 is 0 Å². The Morgan fingerprint density at radius 2 is 2.23 bits per heavy atom. The fraction of sp³-hybridized carbons (Fsp3) is 0.111. The highest BCUT2D eigenvalue weighted by Crippen LogP contribution is 2.37. The van der Waals surface area contributed by atoms with Gasteiger partial charge in [0.05, 0.1) is 12.1 Å². The first-order valence-electron chi connectivity index (χ1n) is 3.62. The predicted molar refractivity (Wildman–Crippen MR) is 61.1 cm³/mol. The lowest BCUT2D eigenvalue weighted by atomic mass is 10.2. The molecule has 0 aliphatic rings. The quantitative estimate of drug-likeness (QED) is 0.754. The molecule has 2 rings (SSSR count). The Balaban J connectivity index is 2.76. The van der Waals surface area contributed by atoms with E-state index in [1.165, 1.54) is 4.70 Å². The van der Waals surface area contributed by atoms with Crippen molar-refractivity contribution in [3.63, 3.8) is 0 Å². The van der Waals surface area contributed by atoms with E-state index in [2.05, 4.69) is 15.9 Å². The molecule has 1 heterocycles. The molecule has 13 heavy (non-hydrogen) atoms. The van der Waals surface area contributed by atoms with Gasteiger partial charge in [0.15, 0.2) is 0 Å². The van der Waals surface area contributed by atoms with Crippen LogP contribution in [0.5, 0.6) is 5.75 Å². The van der Waals surface area contributed by atoms with E-state index in [0.717, 1.165) is 15.6 Å². The molecule has 1 nitrogen and oxygen atoms in total. The molecule has 1 aromatic heterocycles. The summed E-state index contributed by atoms with van der Waals surface area (Å²) in [5.41, 5.74) is 0. The number of halogens is 2. The number of hydrogen-bond donors (Lipinski definition) is 0. The summed E-state index contributed by atoms with van der Waals surface area (Å²) in [4.78, 5) is 0. The molecule has 0 radical (unpaired) electrons. The molecule has 0 amide bonds. The van der Waals surface area contributed by atoms with Crippen LogP contribution in [0.1, 0.15) is 0 Å². The van der Waals surface area contributed by atoms with Gasteiger partial charge in [-0.05, 0) is 28.1 Å². The molecule has 0 saturated heterocycles. The molecule has 0 bridgehead atoms. The van der Waals surface area contributed by atoms with Crippen LogP contribution in [0.2, 0.25) is 5.02 Å². The molecule has 68 valence electrons. The number of ether oxygens (including phenoxy) is 1. The number of benzene rings is 1. The highest BCUT2D eigenvalue weighted by molar-refractivity contribution is 9.10. The van der Waals surface area contributed by atoms with Crippen molar-refractivity contribution in [2.24, 2.45) is 0 Å². The van der Waals surface area contributed by atoms with E-state index in [1.54, 1.807) is 18.4 Å². The summed E-state index contributed by atoms with van der Waals surface area (Å²) in [6.45, 7) is 0. The van der Waals surface area contributed by atoms with E-state index in [9.17, 15) is 0 Å². The van der Waals surface area contributed by atoms with Gasteiger partial charge in [-0.3, -0.25) is 0 Å². The maximum Gasteiger partial charge on any atom is 0.138 e. The number of thiophene rings is 1. The molecule has 0 aliphatic heterocycles. The Labute approximate surface area is 93.4 Å². The second-order valence-electron chi connectivity index (χ2n) is 2.57. The molecule has 4 heteroatoms. The van der Waals surface area contributed by atoms with Crippen molar-refractivity contribution in [3.05, 3.63) is 27.0 Å². The normalized spacial score (nSPS) is 10.7. The Morgan fingerprint density at radius 1 is 1.46 bits per heavy atom. The fourth-order valence-corrected chi connectivity index (χ4v) is 2.96. The van der Waals surface area contributed by atoms with E-state index in [-0.39, 0.29) is 0 Å². The van der Waals surface area contributed by atoms with Crippen molar-refractivity contribution < 1.29 is 4.74 Å². The van der Waals surface area contributed by atoms with Crippen molar-refractivity contribution in [2.45, 2.75) is 0 Å². The Bertz CT molecular complexity index is 452. The zero-order chi connectivity index (χ0) is 9.42. The Kier molecular flexibility index (Phi) is 2.49. The van der Waals surface area contributed by atoms with Crippen LogP contribution in [0.4, 0.5) is 0 Å². The molecular formula is C9H6BrClOS. The summed E-state index contributed by atoms with van der Waals surface area (Å²) in [5.74, 6) is 0.725. The predicted octanol–water partition coefficient (Wildman–Crippen LogP) is 4.33. The monoisotopic (exact) mass is 276 g/mol. The molecule has 1 aromatic carbocycles. The fourth-order valence-electron chi connectivity index (χ4n) is 1.15. The Hall–Kier alpha value is -0.250.